The first-order valence-electron chi connectivity index (χ1n) is 13.9. The van der Waals surface area contributed by atoms with E-state index in [2.05, 4.69) is 91.1 Å². The van der Waals surface area contributed by atoms with E-state index in [-0.39, 0.29) is 5.41 Å². The van der Waals surface area contributed by atoms with Crippen LogP contribution in [0.15, 0.2) is 103 Å². The van der Waals surface area contributed by atoms with Gasteiger partial charge in [0.2, 0.25) is 6.33 Å². The smallest absolute Gasteiger partial charge is 0.244 e. The molecule has 0 aliphatic heterocycles. The monoisotopic (exact) mass is 547 g/mol. The van der Waals surface area contributed by atoms with E-state index in [9.17, 15) is 0 Å². The molecule has 3 aromatic heterocycles. The predicted molar refractivity (Wildman–Crippen MR) is 167 cm³/mol. The number of nitrogens with zero attached hydrogens (tertiary/aromatic N) is 5. The highest BCUT2D eigenvalue weighted by atomic mass is 16.5. The maximum atomic E-state index is 7.74. The van der Waals surface area contributed by atoms with Crippen LogP contribution >= 0.6 is 0 Å². The quantitative estimate of drug-likeness (QED) is 0.164. The Hall–Kier alpha value is -5.41. The predicted octanol–water partition coefficient (Wildman–Crippen LogP) is 8.39. The lowest BCUT2D eigenvalue weighted by atomic mass is 9.88. The molecule has 7 aromatic rings. The summed E-state index contributed by atoms with van der Waals surface area (Å²) in [6.07, 6.45) is 5.24. The molecule has 0 unspecified atom stereocenters. The summed E-state index contributed by atoms with van der Waals surface area (Å²) < 4.78 is 12.6. The molecule has 0 radical (unpaired) electrons. The minimum absolute atomic E-state index is 0.00410. The lowest BCUT2D eigenvalue weighted by molar-refractivity contribution is -0.572. The SMILES string of the molecule is [C-]#[N+]c1cc(Oc2ccc3c4ccccc4n(-c4cc(C(C)(C)C)ccn4)c3c2)cc(-[n+]2[c-]n(C)c3ccccc32)c1. The molecule has 0 spiro atoms. The van der Waals surface area contributed by atoms with Gasteiger partial charge in [-0.25, -0.2) is 9.83 Å². The van der Waals surface area contributed by atoms with Gasteiger partial charge in [0.25, 0.3) is 0 Å². The minimum Gasteiger partial charge on any atom is -0.459 e. The average Bonchev–Trinajstić information content (AvgIpc) is 3.51. The maximum Gasteiger partial charge on any atom is 0.244 e. The van der Waals surface area contributed by atoms with Gasteiger partial charge in [-0.05, 0) is 53.4 Å². The highest BCUT2D eigenvalue weighted by Crippen LogP contribution is 2.36. The Morgan fingerprint density at radius 1 is 0.810 bits per heavy atom. The van der Waals surface area contributed by atoms with Crippen LogP contribution in [0.5, 0.6) is 11.5 Å². The van der Waals surface area contributed by atoms with Crippen LogP contribution in [-0.2, 0) is 12.5 Å². The van der Waals surface area contributed by atoms with E-state index < -0.39 is 0 Å². The number of hydrogen-bond acceptors (Lipinski definition) is 2. The van der Waals surface area contributed by atoms with Crippen molar-refractivity contribution in [1.29, 1.82) is 0 Å². The molecule has 0 aliphatic carbocycles. The largest absolute Gasteiger partial charge is 0.459 e. The van der Waals surface area contributed by atoms with Gasteiger partial charge in [-0.2, -0.15) is 0 Å². The van der Waals surface area contributed by atoms with Crippen LogP contribution < -0.4 is 9.30 Å². The maximum absolute atomic E-state index is 7.74. The van der Waals surface area contributed by atoms with E-state index in [1.165, 1.54) is 5.56 Å². The summed E-state index contributed by atoms with van der Waals surface area (Å²) in [5, 5.41) is 2.28. The third kappa shape index (κ3) is 4.27. The first-order chi connectivity index (χ1) is 20.3. The zero-order valence-corrected chi connectivity index (χ0v) is 24.0. The van der Waals surface area contributed by atoms with E-state index >= 15 is 0 Å². The first-order valence-corrected chi connectivity index (χ1v) is 13.9. The first kappa shape index (κ1) is 25.6. The number of rotatable bonds is 4. The fraction of sp³-hybridized carbons (Fsp3) is 0.139. The van der Waals surface area contributed by atoms with Gasteiger partial charge in [0.1, 0.15) is 17.3 Å². The second-order valence-corrected chi connectivity index (χ2v) is 11.6. The van der Waals surface area contributed by atoms with Gasteiger partial charge in [0, 0.05) is 28.7 Å². The summed E-state index contributed by atoms with van der Waals surface area (Å²) in [4.78, 5) is 8.51. The molecule has 0 fully saturated rings. The van der Waals surface area contributed by atoms with E-state index in [0.717, 1.165) is 44.3 Å². The Morgan fingerprint density at radius 3 is 2.38 bits per heavy atom. The molecular formula is C36H29N5O. The molecular weight excluding hydrogens is 518 g/mol. The Morgan fingerprint density at radius 2 is 1.57 bits per heavy atom. The lowest BCUT2D eigenvalue weighted by Gasteiger charge is -2.20. The number of fused-ring (bicyclic) bond motifs is 4. The van der Waals surface area contributed by atoms with Crippen molar-refractivity contribution in [3.63, 3.8) is 0 Å². The molecule has 204 valence electrons. The fourth-order valence-corrected chi connectivity index (χ4v) is 5.62. The lowest BCUT2D eigenvalue weighted by Crippen LogP contribution is -2.29. The molecule has 0 saturated carbocycles. The number of ether oxygens (including phenoxy) is 1. The Balaban J connectivity index is 1.36. The van der Waals surface area contributed by atoms with Crippen molar-refractivity contribution < 1.29 is 9.30 Å². The summed E-state index contributed by atoms with van der Waals surface area (Å²) >= 11 is 0. The number of imidazole rings is 1. The van der Waals surface area contributed by atoms with E-state index in [1.807, 2.05) is 58.8 Å². The Bertz CT molecular complexity index is 2190. The second kappa shape index (κ2) is 9.60. The topological polar surface area (TPSA) is 40.2 Å². The van der Waals surface area contributed by atoms with Gasteiger partial charge in [0.05, 0.1) is 35.7 Å². The molecule has 0 bridgehead atoms. The van der Waals surface area contributed by atoms with Crippen LogP contribution in [0, 0.1) is 12.9 Å². The highest BCUT2D eigenvalue weighted by molar-refractivity contribution is 6.09. The van der Waals surface area contributed by atoms with Gasteiger partial charge in [0.15, 0.2) is 5.69 Å². The van der Waals surface area contributed by atoms with Crippen LogP contribution in [0.4, 0.5) is 5.69 Å². The molecule has 0 N–H and O–H groups in total. The number of aromatic nitrogens is 4. The van der Waals surface area contributed by atoms with Crippen molar-refractivity contribution in [2.24, 2.45) is 7.05 Å². The minimum atomic E-state index is -0.00410. The molecule has 42 heavy (non-hydrogen) atoms. The highest BCUT2D eigenvalue weighted by Gasteiger charge is 2.18. The van der Waals surface area contributed by atoms with Gasteiger partial charge < -0.3 is 13.9 Å². The summed E-state index contributed by atoms with van der Waals surface area (Å²) in [5.74, 6) is 2.13. The number of para-hydroxylation sites is 3. The van der Waals surface area contributed by atoms with Crippen molar-refractivity contribution in [1.82, 2.24) is 14.1 Å². The molecule has 7 rings (SSSR count). The van der Waals surface area contributed by atoms with Crippen LogP contribution in [0.3, 0.4) is 0 Å². The van der Waals surface area contributed by atoms with Gasteiger partial charge in [-0.3, -0.25) is 4.57 Å². The second-order valence-electron chi connectivity index (χ2n) is 11.6. The standard InChI is InChI=1S/C36H29N5O/c1-36(2,3)24-16-17-38-35(18-24)41-31-11-7-6-10-29(31)30-15-14-27(22-34(30)41)42-28-20-25(37-4)19-26(21-28)40-23-39(5)32-12-8-9-13-33(32)40/h6-22H,1-3,5H3. The number of benzene rings is 4. The molecule has 0 atom stereocenters. The van der Waals surface area contributed by atoms with Crippen molar-refractivity contribution in [2.45, 2.75) is 26.2 Å². The summed E-state index contributed by atoms with van der Waals surface area (Å²) in [6.45, 7) is 14.4. The normalized spacial score (nSPS) is 11.8. The number of aryl methyl sites for hydroxylation is 1. The molecule has 3 heterocycles. The van der Waals surface area contributed by atoms with E-state index in [0.29, 0.717) is 17.2 Å². The van der Waals surface area contributed by atoms with Crippen LogP contribution in [0.1, 0.15) is 26.3 Å². The van der Waals surface area contributed by atoms with E-state index in [1.54, 1.807) is 6.07 Å². The van der Waals surface area contributed by atoms with Gasteiger partial charge in [-0.1, -0.05) is 69.3 Å². The molecule has 4 aromatic carbocycles. The number of pyridine rings is 1. The zero-order valence-electron chi connectivity index (χ0n) is 24.0. The molecule has 0 saturated heterocycles. The molecule has 0 aliphatic rings. The van der Waals surface area contributed by atoms with Crippen molar-refractivity contribution in [3.8, 4) is 23.0 Å². The van der Waals surface area contributed by atoms with E-state index in [4.69, 9.17) is 16.3 Å². The van der Waals surface area contributed by atoms with Gasteiger partial charge >= 0.3 is 0 Å². The van der Waals surface area contributed by atoms with Crippen LogP contribution in [-0.4, -0.2) is 14.1 Å². The summed E-state index contributed by atoms with van der Waals surface area (Å²) in [5.41, 5.74) is 6.67. The van der Waals surface area contributed by atoms with Crippen LogP contribution in [0.2, 0.25) is 0 Å². The fourth-order valence-electron chi connectivity index (χ4n) is 5.62. The Kier molecular flexibility index (Phi) is 5.84. The van der Waals surface area contributed by atoms with Crippen molar-refractivity contribution >= 4 is 38.5 Å². The molecule has 6 heteroatoms. The molecule has 6 nitrogen and oxygen atoms in total. The average molecular weight is 548 g/mol. The van der Waals surface area contributed by atoms with Crippen molar-refractivity contribution in [2.75, 3.05) is 0 Å². The molecule has 0 amide bonds. The zero-order chi connectivity index (χ0) is 29.0. The Labute approximate surface area is 244 Å². The van der Waals surface area contributed by atoms with Crippen molar-refractivity contribution in [3.05, 3.63) is 127 Å². The van der Waals surface area contributed by atoms with Gasteiger partial charge in [-0.15, -0.1) is 0 Å². The van der Waals surface area contributed by atoms with Crippen LogP contribution in [0.25, 0.3) is 49.2 Å². The number of hydrogen-bond donors (Lipinski definition) is 0. The summed E-state index contributed by atoms with van der Waals surface area (Å²) in [7, 11) is 1.97. The summed E-state index contributed by atoms with van der Waals surface area (Å²) in [6, 6.07) is 32.5. The third-order valence-corrected chi connectivity index (χ3v) is 7.72. The third-order valence-electron chi connectivity index (χ3n) is 7.72.